The van der Waals surface area contributed by atoms with Crippen molar-refractivity contribution in [1.82, 2.24) is 9.97 Å². The van der Waals surface area contributed by atoms with Gasteiger partial charge in [0, 0.05) is 16.7 Å². The maximum absolute atomic E-state index is 12.4. The van der Waals surface area contributed by atoms with E-state index in [1.165, 1.54) is 36.2 Å². The highest BCUT2D eigenvalue weighted by Gasteiger charge is 2.21. The average molecular weight is 383 g/mol. The van der Waals surface area contributed by atoms with E-state index in [-0.39, 0.29) is 22.1 Å². The molecule has 0 aliphatic rings. The Bertz CT molecular complexity index is 1040. The Morgan fingerprint density at radius 1 is 1.07 bits per heavy atom. The minimum Gasteiger partial charge on any atom is -0.305 e. The fraction of sp³-hybridized carbons (Fsp3) is 0.105. The van der Waals surface area contributed by atoms with Gasteiger partial charge in [0.2, 0.25) is 0 Å². The average Bonchev–Trinajstić information content (AvgIpc) is 2.64. The third-order valence-corrected chi connectivity index (χ3v) is 4.33. The number of nitro groups is 1. The number of nitrogens with one attached hydrogen (secondary N) is 1. The van der Waals surface area contributed by atoms with Gasteiger partial charge in [-0.15, -0.1) is 0 Å². The molecule has 1 N–H and O–H groups in total. The summed E-state index contributed by atoms with van der Waals surface area (Å²) in [7, 11) is 0. The van der Waals surface area contributed by atoms with Crippen molar-refractivity contribution in [2.45, 2.75) is 13.8 Å². The first-order valence-electron chi connectivity index (χ1n) is 8.00. The Hall–Kier alpha value is -3.32. The standard InChI is InChI=1S/C19H15ClN4O3/c1-11-3-4-13(7-12(11)2)16-9-22-18(10-21-16)23-19(25)15-8-14(20)5-6-17(15)24(26)27/h3-10H,1-2H3,(H,22,23,25). The van der Waals surface area contributed by atoms with Crippen LogP contribution in [0.25, 0.3) is 11.3 Å². The monoisotopic (exact) mass is 382 g/mol. The lowest BCUT2D eigenvalue weighted by Crippen LogP contribution is -2.15. The van der Waals surface area contributed by atoms with Gasteiger partial charge < -0.3 is 5.32 Å². The van der Waals surface area contributed by atoms with Crippen LogP contribution in [-0.4, -0.2) is 20.8 Å². The van der Waals surface area contributed by atoms with Gasteiger partial charge in [0.05, 0.1) is 23.0 Å². The Labute approximate surface area is 160 Å². The molecule has 0 aliphatic carbocycles. The summed E-state index contributed by atoms with van der Waals surface area (Å²) < 4.78 is 0. The van der Waals surface area contributed by atoms with Gasteiger partial charge in [0.15, 0.2) is 5.82 Å². The molecule has 27 heavy (non-hydrogen) atoms. The molecule has 1 amide bonds. The van der Waals surface area contributed by atoms with Crippen molar-refractivity contribution in [3.8, 4) is 11.3 Å². The lowest BCUT2D eigenvalue weighted by molar-refractivity contribution is -0.385. The molecule has 1 heterocycles. The van der Waals surface area contributed by atoms with Crippen molar-refractivity contribution in [2.24, 2.45) is 0 Å². The molecule has 0 radical (unpaired) electrons. The van der Waals surface area contributed by atoms with Gasteiger partial charge >= 0.3 is 0 Å². The number of rotatable bonds is 4. The molecule has 0 saturated carbocycles. The fourth-order valence-corrected chi connectivity index (χ4v) is 2.65. The molecule has 3 aromatic rings. The van der Waals surface area contributed by atoms with Gasteiger partial charge in [0.1, 0.15) is 5.56 Å². The van der Waals surface area contributed by atoms with E-state index in [9.17, 15) is 14.9 Å². The summed E-state index contributed by atoms with van der Waals surface area (Å²) in [6.45, 7) is 4.04. The highest BCUT2D eigenvalue weighted by molar-refractivity contribution is 6.31. The summed E-state index contributed by atoms with van der Waals surface area (Å²) in [5.74, 6) is -0.501. The van der Waals surface area contributed by atoms with E-state index in [0.717, 1.165) is 11.1 Å². The summed E-state index contributed by atoms with van der Waals surface area (Å²) in [5, 5.41) is 13.8. The predicted molar refractivity (Wildman–Crippen MR) is 103 cm³/mol. The second-order valence-corrected chi connectivity index (χ2v) is 6.40. The molecule has 2 aromatic carbocycles. The van der Waals surface area contributed by atoms with Crippen molar-refractivity contribution < 1.29 is 9.72 Å². The summed E-state index contributed by atoms with van der Waals surface area (Å²) >= 11 is 5.85. The Morgan fingerprint density at radius 2 is 1.85 bits per heavy atom. The normalized spacial score (nSPS) is 10.5. The van der Waals surface area contributed by atoms with Crippen LogP contribution in [0.15, 0.2) is 48.8 Å². The molecule has 0 bridgehead atoms. The van der Waals surface area contributed by atoms with Crippen LogP contribution in [0.3, 0.4) is 0 Å². The zero-order valence-electron chi connectivity index (χ0n) is 14.6. The number of benzene rings is 2. The first-order chi connectivity index (χ1) is 12.8. The maximum Gasteiger partial charge on any atom is 0.282 e. The Balaban J connectivity index is 1.83. The van der Waals surface area contributed by atoms with E-state index < -0.39 is 10.8 Å². The van der Waals surface area contributed by atoms with Gasteiger partial charge in [-0.05, 0) is 43.2 Å². The Kier molecular flexibility index (Phi) is 5.14. The van der Waals surface area contributed by atoms with Gasteiger partial charge in [-0.3, -0.25) is 19.9 Å². The van der Waals surface area contributed by atoms with Crippen LogP contribution >= 0.6 is 11.6 Å². The number of hydrogen-bond acceptors (Lipinski definition) is 5. The lowest BCUT2D eigenvalue weighted by Gasteiger charge is -2.07. The van der Waals surface area contributed by atoms with Gasteiger partial charge in [-0.1, -0.05) is 23.7 Å². The quantitative estimate of drug-likeness (QED) is 0.526. The van der Waals surface area contributed by atoms with Gasteiger partial charge in [-0.25, -0.2) is 4.98 Å². The van der Waals surface area contributed by atoms with Crippen molar-refractivity contribution in [2.75, 3.05) is 5.32 Å². The van der Waals surface area contributed by atoms with Crippen molar-refractivity contribution >= 4 is 29.0 Å². The highest BCUT2D eigenvalue weighted by Crippen LogP contribution is 2.24. The number of aryl methyl sites for hydroxylation is 2. The largest absolute Gasteiger partial charge is 0.305 e. The second kappa shape index (κ2) is 7.51. The van der Waals surface area contributed by atoms with E-state index in [1.807, 2.05) is 32.0 Å². The molecular weight excluding hydrogens is 368 g/mol. The van der Waals surface area contributed by atoms with Crippen LogP contribution in [0, 0.1) is 24.0 Å². The van der Waals surface area contributed by atoms with E-state index in [1.54, 1.807) is 0 Å². The number of anilines is 1. The lowest BCUT2D eigenvalue weighted by atomic mass is 10.0. The van der Waals surface area contributed by atoms with Crippen LogP contribution in [0.5, 0.6) is 0 Å². The molecule has 0 unspecified atom stereocenters. The van der Waals surface area contributed by atoms with E-state index in [0.29, 0.717) is 5.69 Å². The van der Waals surface area contributed by atoms with Crippen molar-refractivity contribution in [1.29, 1.82) is 0 Å². The molecule has 0 spiro atoms. The summed E-state index contributed by atoms with van der Waals surface area (Å²) in [6.07, 6.45) is 2.94. The number of aromatic nitrogens is 2. The zero-order valence-corrected chi connectivity index (χ0v) is 15.3. The Morgan fingerprint density at radius 3 is 2.48 bits per heavy atom. The zero-order chi connectivity index (χ0) is 19.6. The smallest absolute Gasteiger partial charge is 0.282 e. The minimum absolute atomic E-state index is 0.146. The number of amides is 1. The van der Waals surface area contributed by atoms with Crippen molar-refractivity contribution in [3.63, 3.8) is 0 Å². The molecule has 7 nitrogen and oxygen atoms in total. The topological polar surface area (TPSA) is 98.0 Å². The first-order valence-corrected chi connectivity index (χ1v) is 8.38. The molecule has 3 rings (SSSR count). The predicted octanol–water partition coefficient (Wildman–Crippen LogP) is 4.57. The molecule has 1 aromatic heterocycles. The minimum atomic E-state index is -0.683. The summed E-state index contributed by atoms with van der Waals surface area (Å²) in [6, 6.07) is 9.74. The number of nitro benzene ring substituents is 1. The fourth-order valence-electron chi connectivity index (χ4n) is 2.48. The number of carbonyl (C=O) groups excluding carboxylic acids is 1. The molecular formula is C19H15ClN4O3. The molecule has 0 aliphatic heterocycles. The number of hydrogen-bond donors (Lipinski definition) is 1. The SMILES string of the molecule is Cc1ccc(-c2cnc(NC(=O)c3cc(Cl)ccc3[N+](=O)[O-])cn2)cc1C. The van der Waals surface area contributed by atoms with Gasteiger partial charge in [-0.2, -0.15) is 0 Å². The molecule has 0 fully saturated rings. The maximum atomic E-state index is 12.4. The van der Waals surface area contributed by atoms with Crippen LogP contribution in [0.1, 0.15) is 21.5 Å². The number of halogens is 1. The highest BCUT2D eigenvalue weighted by atomic mass is 35.5. The molecule has 136 valence electrons. The molecule has 0 saturated heterocycles. The molecule has 0 atom stereocenters. The molecule has 8 heteroatoms. The van der Waals surface area contributed by atoms with Crippen LogP contribution in [-0.2, 0) is 0 Å². The third kappa shape index (κ3) is 4.09. The van der Waals surface area contributed by atoms with Crippen LogP contribution < -0.4 is 5.32 Å². The van der Waals surface area contributed by atoms with E-state index in [2.05, 4.69) is 15.3 Å². The van der Waals surface area contributed by atoms with Crippen LogP contribution in [0.4, 0.5) is 11.5 Å². The third-order valence-electron chi connectivity index (χ3n) is 4.10. The number of carbonyl (C=O) groups is 1. The van der Waals surface area contributed by atoms with Crippen molar-refractivity contribution in [3.05, 3.63) is 80.6 Å². The summed E-state index contributed by atoms with van der Waals surface area (Å²) in [4.78, 5) is 31.3. The van der Waals surface area contributed by atoms with Crippen LogP contribution in [0.2, 0.25) is 5.02 Å². The van der Waals surface area contributed by atoms with E-state index in [4.69, 9.17) is 11.6 Å². The van der Waals surface area contributed by atoms with E-state index >= 15 is 0 Å². The first kappa shape index (κ1) is 18.5. The number of nitrogens with zero attached hydrogens (tertiary/aromatic N) is 3. The summed E-state index contributed by atoms with van der Waals surface area (Å²) in [5.41, 5.74) is 3.40. The second-order valence-electron chi connectivity index (χ2n) is 5.96. The van der Waals surface area contributed by atoms with Gasteiger partial charge in [0.25, 0.3) is 11.6 Å².